The number of rotatable bonds is 3. The molecule has 0 atom stereocenters. The number of aromatic carboxylic acids is 1. The van der Waals surface area contributed by atoms with Crippen molar-refractivity contribution in [2.24, 2.45) is 0 Å². The van der Waals surface area contributed by atoms with Gasteiger partial charge in [-0.3, -0.25) is 0 Å². The van der Waals surface area contributed by atoms with Gasteiger partial charge in [0.1, 0.15) is 0 Å². The number of anilines is 2. The Hall–Kier alpha value is -2.14. The van der Waals surface area contributed by atoms with E-state index in [1.165, 1.54) is 6.20 Å². The van der Waals surface area contributed by atoms with E-state index in [0.29, 0.717) is 16.7 Å². The van der Waals surface area contributed by atoms with E-state index >= 15 is 0 Å². The SMILES string of the molecule is CC.CC(C)(C)c1nc(Nc2cccc(Cl)c2)ncc1C(=O)O. The number of hydrogen-bond donors (Lipinski definition) is 2. The van der Waals surface area contributed by atoms with Crippen LogP contribution in [0.1, 0.15) is 50.7 Å². The van der Waals surface area contributed by atoms with E-state index in [0.717, 1.165) is 5.69 Å². The summed E-state index contributed by atoms with van der Waals surface area (Å²) >= 11 is 5.92. The van der Waals surface area contributed by atoms with Crippen LogP contribution in [0.4, 0.5) is 11.6 Å². The molecule has 2 rings (SSSR count). The largest absolute Gasteiger partial charge is 0.478 e. The van der Waals surface area contributed by atoms with E-state index < -0.39 is 11.4 Å². The lowest BCUT2D eigenvalue weighted by molar-refractivity contribution is 0.0693. The molecule has 1 aromatic carbocycles. The minimum atomic E-state index is -1.03. The first-order valence-corrected chi connectivity index (χ1v) is 7.78. The van der Waals surface area contributed by atoms with Gasteiger partial charge in [0.25, 0.3) is 0 Å². The summed E-state index contributed by atoms with van der Waals surface area (Å²) in [5.41, 5.74) is 0.931. The van der Waals surface area contributed by atoms with E-state index in [9.17, 15) is 9.90 Å². The molecule has 1 heterocycles. The van der Waals surface area contributed by atoms with Crippen LogP contribution in [0.25, 0.3) is 0 Å². The maximum Gasteiger partial charge on any atom is 0.339 e. The highest BCUT2D eigenvalue weighted by Crippen LogP contribution is 2.26. The summed E-state index contributed by atoms with van der Waals surface area (Å²) in [6, 6.07) is 7.15. The van der Waals surface area contributed by atoms with E-state index in [4.69, 9.17) is 11.6 Å². The van der Waals surface area contributed by atoms with Crippen molar-refractivity contribution in [1.82, 2.24) is 9.97 Å². The Kier molecular flexibility index (Phi) is 6.51. The van der Waals surface area contributed by atoms with Crippen LogP contribution in [0.15, 0.2) is 30.5 Å². The lowest BCUT2D eigenvalue weighted by Crippen LogP contribution is -2.20. The zero-order valence-corrected chi connectivity index (χ0v) is 14.8. The van der Waals surface area contributed by atoms with E-state index in [1.54, 1.807) is 18.2 Å². The van der Waals surface area contributed by atoms with E-state index in [-0.39, 0.29) is 5.56 Å². The van der Waals surface area contributed by atoms with Crippen LogP contribution in [0.5, 0.6) is 0 Å². The molecule has 23 heavy (non-hydrogen) atoms. The maximum atomic E-state index is 11.3. The molecule has 0 aliphatic rings. The zero-order chi connectivity index (χ0) is 17.6. The van der Waals surface area contributed by atoms with Gasteiger partial charge in [-0.05, 0) is 18.2 Å². The van der Waals surface area contributed by atoms with Gasteiger partial charge in [-0.25, -0.2) is 14.8 Å². The van der Waals surface area contributed by atoms with Gasteiger partial charge < -0.3 is 10.4 Å². The number of benzene rings is 1. The molecule has 6 heteroatoms. The molecule has 0 bridgehead atoms. The van der Waals surface area contributed by atoms with Crippen molar-refractivity contribution in [3.63, 3.8) is 0 Å². The van der Waals surface area contributed by atoms with Crippen LogP contribution in [0.3, 0.4) is 0 Å². The summed E-state index contributed by atoms with van der Waals surface area (Å²) < 4.78 is 0. The highest BCUT2D eigenvalue weighted by Gasteiger charge is 2.24. The third-order valence-corrected chi connectivity index (χ3v) is 3.05. The first kappa shape index (κ1) is 18.9. The molecule has 0 spiro atoms. The molecule has 1 aromatic heterocycles. The van der Waals surface area contributed by atoms with Crippen LogP contribution >= 0.6 is 11.6 Å². The molecule has 5 nitrogen and oxygen atoms in total. The predicted octanol–water partition coefficient (Wildman–Crippen LogP) is 4.90. The molecule has 2 aromatic rings. The average molecular weight is 336 g/mol. The normalized spacial score (nSPS) is 10.5. The average Bonchev–Trinajstić information content (AvgIpc) is 2.48. The van der Waals surface area contributed by atoms with Crippen LogP contribution in [0, 0.1) is 0 Å². The molecular formula is C17H22ClN3O2. The topological polar surface area (TPSA) is 75.1 Å². The van der Waals surface area contributed by atoms with E-state index in [1.807, 2.05) is 40.7 Å². The van der Waals surface area contributed by atoms with Gasteiger partial charge in [-0.2, -0.15) is 0 Å². The van der Waals surface area contributed by atoms with Crippen molar-refractivity contribution in [3.05, 3.63) is 46.7 Å². The minimum absolute atomic E-state index is 0.110. The number of nitrogens with zero attached hydrogens (tertiary/aromatic N) is 2. The quantitative estimate of drug-likeness (QED) is 0.834. The fourth-order valence-electron chi connectivity index (χ4n) is 1.87. The Morgan fingerprint density at radius 2 is 1.91 bits per heavy atom. The second-order valence-electron chi connectivity index (χ2n) is 5.65. The first-order chi connectivity index (χ1) is 10.8. The minimum Gasteiger partial charge on any atom is -0.478 e. The number of carboxylic acids is 1. The van der Waals surface area contributed by atoms with Crippen molar-refractivity contribution < 1.29 is 9.90 Å². The fourth-order valence-corrected chi connectivity index (χ4v) is 2.06. The standard InChI is InChI=1S/C15H16ClN3O2.C2H6/c1-15(2,3)12-11(13(20)21)8-17-14(19-12)18-10-6-4-5-9(16)7-10;1-2/h4-8H,1-3H3,(H,20,21)(H,17,18,19);1-2H3. The number of carbonyl (C=O) groups is 1. The second kappa shape index (κ2) is 7.92. The van der Waals surface area contributed by atoms with Crippen LogP contribution in [-0.2, 0) is 5.41 Å². The number of hydrogen-bond acceptors (Lipinski definition) is 4. The van der Waals surface area contributed by atoms with Gasteiger partial charge in [0.2, 0.25) is 5.95 Å². The van der Waals surface area contributed by atoms with Gasteiger partial charge in [0.05, 0.1) is 11.3 Å². The second-order valence-corrected chi connectivity index (χ2v) is 6.08. The molecule has 0 aliphatic carbocycles. The summed E-state index contributed by atoms with van der Waals surface area (Å²) in [4.78, 5) is 19.7. The summed E-state index contributed by atoms with van der Waals surface area (Å²) in [6.07, 6.45) is 1.32. The maximum absolute atomic E-state index is 11.3. The highest BCUT2D eigenvalue weighted by atomic mass is 35.5. The molecule has 2 N–H and O–H groups in total. The van der Waals surface area contributed by atoms with Gasteiger partial charge in [0.15, 0.2) is 0 Å². The third kappa shape index (κ3) is 5.21. The van der Waals surface area contributed by atoms with E-state index in [2.05, 4.69) is 15.3 Å². The van der Waals surface area contributed by atoms with Crippen LogP contribution in [0.2, 0.25) is 5.02 Å². The van der Waals surface area contributed by atoms with Crippen LogP contribution < -0.4 is 5.32 Å². The third-order valence-electron chi connectivity index (χ3n) is 2.81. The first-order valence-electron chi connectivity index (χ1n) is 7.41. The molecule has 0 aliphatic heterocycles. The monoisotopic (exact) mass is 335 g/mol. The van der Waals surface area contributed by atoms with Gasteiger partial charge in [-0.1, -0.05) is 52.3 Å². The lowest BCUT2D eigenvalue weighted by atomic mass is 9.89. The Morgan fingerprint density at radius 1 is 1.26 bits per heavy atom. The summed E-state index contributed by atoms with van der Waals surface area (Å²) in [5.74, 6) is -0.693. The summed E-state index contributed by atoms with van der Waals surface area (Å²) in [7, 11) is 0. The Labute approximate surface area is 141 Å². The Bertz CT molecular complexity index is 682. The summed E-state index contributed by atoms with van der Waals surface area (Å²) in [5, 5.41) is 12.8. The van der Waals surface area contributed by atoms with Crippen molar-refractivity contribution in [2.45, 2.75) is 40.0 Å². The zero-order valence-electron chi connectivity index (χ0n) is 14.0. The molecule has 0 radical (unpaired) electrons. The number of carboxylic acid groups (broad SMARTS) is 1. The predicted molar refractivity (Wildman–Crippen MR) is 93.8 cm³/mol. The molecular weight excluding hydrogens is 314 g/mol. The molecule has 0 amide bonds. The van der Waals surface area contributed by atoms with Gasteiger partial charge >= 0.3 is 5.97 Å². The number of nitrogens with one attached hydrogen (secondary N) is 1. The van der Waals surface area contributed by atoms with Crippen molar-refractivity contribution in [2.75, 3.05) is 5.32 Å². The van der Waals surface area contributed by atoms with Crippen LogP contribution in [-0.4, -0.2) is 21.0 Å². The smallest absolute Gasteiger partial charge is 0.339 e. The fraction of sp³-hybridized carbons (Fsp3) is 0.353. The molecule has 0 saturated heterocycles. The van der Waals surface area contributed by atoms with Crippen molar-refractivity contribution >= 4 is 29.2 Å². The van der Waals surface area contributed by atoms with Gasteiger partial charge in [-0.15, -0.1) is 0 Å². The Balaban J connectivity index is 0.00000127. The van der Waals surface area contributed by atoms with Gasteiger partial charge in [0, 0.05) is 22.3 Å². The molecule has 0 fully saturated rings. The molecule has 124 valence electrons. The molecule has 0 saturated carbocycles. The summed E-state index contributed by atoms with van der Waals surface area (Å²) in [6.45, 7) is 9.72. The van der Waals surface area contributed by atoms with Crippen molar-refractivity contribution in [1.29, 1.82) is 0 Å². The Morgan fingerprint density at radius 3 is 2.43 bits per heavy atom. The highest BCUT2D eigenvalue weighted by molar-refractivity contribution is 6.30. The lowest BCUT2D eigenvalue weighted by Gasteiger charge is -2.20. The van der Waals surface area contributed by atoms with Crippen molar-refractivity contribution in [3.8, 4) is 0 Å². The number of halogens is 1. The number of aromatic nitrogens is 2. The molecule has 0 unspecified atom stereocenters.